The molecule has 0 aliphatic carbocycles. The van der Waals surface area contributed by atoms with E-state index in [1.165, 1.54) is 0 Å². The highest BCUT2D eigenvalue weighted by Gasteiger charge is 2.31. The van der Waals surface area contributed by atoms with E-state index < -0.39 is 12.1 Å². The summed E-state index contributed by atoms with van der Waals surface area (Å²) >= 11 is 0. The van der Waals surface area contributed by atoms with E-state index in [9.17, 15) is 9.18 Å². The monoisotopic (exact) mass is 152 g/mol. The van der Waals surface area contributed by atoms with E-state index in [1.54, 1.807) is 24.3 Å². The zero-order valence-electron chi connectivity index (χ0n) is 5.58. The molecule has 1 aliphatic heterocycles. The fourth-order valence-corrected chi connectivity index (χ4v) is 1.06. The molecule has 1 aromatic rings. The van der Waals surface area contributed by atoms with Crippen molar-refractivity contribution in [3.05, 3.63) is 29.8 Å². The van der Waals surface area contributed by atoms with Crippen LogP contribution in [0.1, 0.15) is 10.4 Å². The van der Waals surface area contributed by atoms with Gasteiger partial charge in [-0.15, -0.1) is 0 Å². The second-order valence-corrected chi connectivity index (χ2v) is 2.29. The van der Waals surface area contributed by atoms with Gasteiger partial charge in [0.25, 0.3) is 0 Å². The number of fused-ring (bicyclic) bond motifs is 1. The first-order valence-corrected chi connectivity index (χ1v) is 3.23. The minimum atomic E-state index is -1.80. The number of Topliss-reactive ketones (excluding diaryl/α,β-unsaturated/α-hetero) is 1. The molecule has 1 aromatic carbocycles. The van der Waals surface area contributed by atoms with Crippen molar-refractivity contribution in [1.29, 1.82) is 0 Å². The van der Waals surface area contributed by atoms with Crippen molar-refractivity contribution in [3.63, 3.8) is 0 Å². The predicted molar refractivity (Wildman–Crippen MR) is 36.3 cm³/mol. The normalized spacial score (nSPS) is 21.2. The van der Waals surface area contributed by atoms with Crippen LogP contribution in [0, 0.1) is 0 Å². The van der Waals surface area contributed by atoms with Crippen LogP contribution < -0.4 is 4.74 Å². The number of carbonyl (C=O) groups excluding carboxylic acids is 1. The van der Waals surface area contributed by atoms with E-state index >= 15 is 0 Å². The SMILES string of the molecule is O=C1c2ccccc2OC1F. The Kier molecular flexibility index (Phi) is 1.18. The van der Waals surface area contributed by atoms with Gasteiger partial charge in [-0.1, -0.05) is 12.1 Å². The molecule has 56 valence electrons. The molecule has 0 spiro atoms. The first-order chi connectivity index (χ1) is 5.29. The number of ether oxygens (including phenoxy) is 1. The van der Waals surface area contributed by atoms with E-state index in [4.69, 9.17) is 0 Å². The number of para-hydroxylation sites is 1. The molecule has 0 aromatic heterocycles. The topological polar surface area (TPSA) is 26.3 Å². The highest BCUT2D eigenvalue weighted by atomic mass is 19.1. The van der Waals surface area contributed by atoms with Gasteiger partial charge in [-0.3, -0.25) is 4.79 Å². The van der Waals surface area contributed by atoms with Crippen LogP contribution in [0.3, 0.4) is 0 Å². The number of hydrogen-bond donors (Lipinski definition) is 0. The van der Waals surface area contributed by atoms with Gasteiger partial charge in [-0.05, 0) is 12.1 Å². The molecule has 1 aliphatic rings. The van der Waals surface area contributed by atoms with Gasteiger partial charge in [0.05, 0.1) is 5.56 Å². The standard InChI is InChI=1S/C8H5FO2/c9-8-7(10)5-3-1-2-4-6(5)11-8/h1-4,8H. The smallest absolute Gasteiger partial charge is 0.301 e. The first kappa shape index (κ1) is 6.34. The van der Waals surface area contributed by atoms with Crippen LogP contribution in [0.4, 0.5) is 4.39 Å². The van der Waals surface area contributed by atoms with Crippen molar-refractivity contribution in [2.75, 3.05) is 0 Å². The number of alkyl halides is 1. The molecule has 0 N–H and O–H groups in total. The quantitative estimate of drug-likeness (QED) is 0.563. The van der Waals surface area contributed by atoms with E-state index in [0.717, 1.165) is 0 Å². The largest absolute Gasteiger partial charge is 0.452 e. The van der Waals surface area contributed by atoms with Crippen LogP contribution in [-0.4, -0.2) is 12.1 Å². The average molecular weight is 152 g/mol. The lowest BCUT2D eigenvalue weighted by molar-refractivity contribution is 0.0561. The van der Waals surface area contributed by atoms with E-state index in [0.29, 0.717) is 11.3 Å². The molecule has 0 saturated carbocycles. The van der Waals surface area contributed by atoms with Crippen molar-refractivity contribution in [2.45, 2.75) is 6.36 Å². The number of hydrogen-bond acceptors (Lipinski definition) is 2. The average Bonchev–Trinajstić information content (AvgIpc) is 2.30. The molecule has 2 nitrogen and oxygen atoms in total. The minimum absolute atomic E-state index is 0.333. The molecule has 11 heavy (non-hydrogen) atoms. The minimum Gasteiger partial charge on any atom is -0.452 e. The number of carbonyl (C=O) groups is 1. The zero-order valence-corrected chi connectivity index (χ0v) is 5.58. The van der Waals surface area contributed by atoms with Gasteiger partial charge < -0.3 is 4.74 Å². The van der Waals surface area contributed by atoms with Crippen LogP contribution in [-0.2, 0) is 0 Å². The highest BCUT2D eigenvalue weighted by Crippen LogP contribution is 2.28. The summed E-state index contributed by atoms with van der Waals surface area (Å²) in [6.45, 7) is 0. The summed E-state index contributed by atoms with van der Waals surface area (Å²) in [4.78, 5) is 10.9. The molecule has 0 amide bonds. The Bertz CT molecular complexity index is 309. The molecular formula is C8H5FO2. The summed E-state index contributed by atoms with van der Waals surface area (Å²) in [6, 6.07) is 6.51. The van der Waals surface area contributed by atoms with Gasteiger partial charge in [-0.25, -0.2) is 0 Å². The van der Waals surface area contributed by atoms with Crippen LogP contribution in [0.25, 0.3) is 0 Å². The molecule has 0 radical (unpaired) electrons. The van der Waals surface area contributed by atoms with Gasteiger partial charge in [0.1, 0.15) is 5.75 Å². The highest BCUT2D eigenvalue weighted by molar-refractivity contribution is 6.03. The van der Waals surface area contributed by atoms with Crippen molar-refractivity contribution >= 4 is 5.78 Å². The Labute approximate surface area is 62.6 Å². The van der Waals surface area contributed by atoms with Gasteiger partial charge in [0.2, 0.25) is 5.78 Å². The summed E-state index contributed by atoms with van der Waals surface area (Å²) < 4.78 is 17.1. The summed E-state index contributed by atoms with van der Waals surface area (Å²) in [6.07, 6.45) is -1.80. The molecule has 0 saturated heterocycles. The maximum Gasteiger partial charge on any atom is 0.301 e. The Morgan fingerprint density at radius 2 is 2.09 bits per heavy atom. The number of halogens is 1. The molecule has 2 rings (SSSR count). The van der Waals surface area contributed by atoms with E-state index in [2.05, 4.69) is 4.74 Å². The molecule has 1 atom stereocenters. The third-order valence-electron chi connectivity index (χ3n) is 1.59. The second-order valence-electron chi connectivity index (χ2n) is 2.29. The third kappa shape index (κ3) is 0.808. The molecule has 1 unspecified atom stereocenters. The van der Waals surface area contributed by atoms with Crippen molar-refractivity contribution in [1.82, 2.24) is 0 Å². The van der Waals surface area contributed by atoms with Gasteiger partial charge in [0, 0.05) is 0 Å². The maximum atomic E-state index is 12.5. The predicted octanol–water partition coefficient (Wildman–Crippen LogP) is 1.56. The van der Waals surface area contributed by atoms with Crippen molar-refractivity contribution in [2.24, 2.45) is 0 Å². The Balaban J connectivity index is 2.55. The van der Waals surface area contributed by atoms with E-state index in [-0.39, 0.29) is 0 Å². The number of benzene rings is 1. The third-order valence-corrected chi connectivity index (χ3v) is 1.59. The van der Waals surface area contributed by atoms with Crippen molar-refractivity contribution in [3.8, 4) is 5.75 Å². The van der Waals surface area contributed by atoms with Gasteiger partial charge in [0.15, 0.2) is 0 Å². The van der Waals surface area contributed by atoms with E-state index in [1.807, 2.05) is 0 Å². The first-order valence-electron chi connectivity index (χ1n) is 3.23. The van der Waals surface area contributed by atoms with Crippen LogP contribution >= 0.6 is 0 Å². The number of ketones is 1. The molecule has 0 bridgehead atoms. The van der Waals surface area contributed by atoms with Gasteiger partial charge >= 0.3 is 6.36 Å². The molecular weight excluding hydrogens is 147 g/mol. The Hall–Kier alpha value is -1.38. The molecule has 3 heteroatoms. The summed E-state index contributed by atoms with van der Waals surface area (Å²) in [5, 5.41) is 0. The molecule has 1 heterocycles. The van der Waals surface area contributed by atoms with Crippen LogP contribution in [0.2, 0.25) is 0 Å². The second kappa shape index (κ2) is 2.05. The van der Waals surface area contributed by atoms with Crippen LogP contribution in [0.5, 0.6) is 5.75 Å². The lowest BCUT2D eigenvalue weighted by Gasteiger charge is -1.95. The summed E-state index contributed by atoms with van der Waals surface area (Å²) in [7, 11) is 0. The summed E-state index contributed by atoms with van der Waals surface area (Å²) in [5.74, 6) is -0.245. The fourth-order valence-electron chi connectivity index (χ4n) is 1.06. The zero-order chi connectivity index (χ0) is 7.84. The Morgan fingerprint density at radius 3 is 2.82 bits per heavy atom. The van der Waals surface area contributed by atoms with Crippen LogP contribution in [0.15, 0.2) is 24.3 Å². The lowest BCUT2D eigenvalue weighted by Crippen LogP contribution is -2.12. The number of rotatable bonds is 0. The molecule has 0 fully saturated rings. The maximum absolute atomic E-state index is 12.5. The van der Waals surface area contributed by atoms with Gasteiger partial charge in [-0.2, -0.15) is 4.39 Å². The summed E-state index contributed by atoms with van der Waals surface area (Å²) in [5.41, 5.74) is 0.333. The fraction of sp³-hybridized carbons (Fsp3) is 0.125. The Morgan fingerprint density at radius 1 is 1.36 bits per heavy atom. The van der Waals surface area contributed by atoms with Crippen molar-refractivity contribution < 1.29 is 13.9 Å². The lowest BCUT2D eigenvalue weighted by atomic mass is 10.1.